The Labute approximate surface area is 76.4 Å². The Morgan fingerprint density at radius 2 is 1.69 bits per heavy atom. The van der Waals surface area contributed by atoms with Gasteiger partial charge in [-0.1, -0.05) is 18.2 Å². The molecular weight excluding hydrogens is 165 g/mol. The van der Waals surface area contributed by atoms with Crippen LogP contribution in [0, 0.1) is 5.82 Å². The first kappa shape index (κ1) is 8.05. The quantitative estimate of drug-likeness (QED) is 0.661. The summed E-state index contributed by atoms with van der Waals surface area (Å²) in [5, 5.41) is 0. The lowest BCUT2D eigenvalue weighted by Gasteiger charge is -2.03. The van der Waals surface area contributed by atoms with Crippen LogP contribution in [-0.4, -0.2) is 4.57 Å². The third-order valence-electron chi connectivity index (χ3n) is 1.98. The fourth-order valence-electron chi connectivity index (χ4n) is 1.30. The number of benzene rings is 1. The van der Waals surface area contributed by atoms with Crippen molar-refractivity contribution < 1.29 is 4.39 Å². The summed E-state index contributed by atoms with van der Waals surface area (Å²) in [6.07, 6.45) is 3.85. The van der Waals surface area contributed by atoms with E-state index in [1.807, 2.05) is 35.2 Å². The summed E-state index contributed by atoms with van der Waals surface area (Å²) in [5.41, 5.74) is 0.721. The molecule has 1 nitrogen and oxygen atoms in total. The van der Waals surface area contributed by atoms with E-state index in [1.165, 1.54) is 6.07 Å². The Morgan fingerprint density at radius 3 is 2.38 bits per heavy atom. The summed E-state index contributed by atoms with van der Waals surface area (Å²) in [7, 11) is 0. The van der Waals surface area contributed by atoms with Crippen LogP contribution in [-0.2, 0) is 6.54 Å². The second-order valence-electron chi connectivity index (χ2n) is 2.95. The molecule has 2 heteroatoms. The van der Waals surface area contributed by atoms with Gasteiger partial charge >= 0.3 is 0 Å². The first-order valence-electron chi connectivity index (χ1n) is 4.20. The molecule has 0 aliphatic rings. The molecule has 0 bridgehead atoms. The number of halogens is 1. The predicted octanol–water partition coefficient (Wildman–Crippen LogP) is 2.68. The van der Waals surface area contributed by atoms with Crippen LogP contribution in [0.5, 0.6) is 0 Å². The molecule has 1 heterocycles. The van der Waals surface area contributed by atoms with Crippen molar-refractivity contribution in [2.24, 2.45) is 0 Å². The SMILES string of the molecule is Fc1ccccc1Cn1cccc1. The maximum Gasteiger partial charge on any atom is 0.128 e. The van der Waals surface area contributed by atoms with Gasteiger partial charge in [0.15, 0.2) is 0 Å². The molecule has 0 atom stereocenters. The molecular formula is C11H10FN. The highest BCUT2D eigenvalue weighted by molar-refractivity contribution is 5.17. The minimum atomic E-state index is -0.142. The van der Waals surface area contributed by atoms with E-state index in [4.69, 9.17) is 0 Å². The zero-order chi connectivity index (χ0) is 9.10. The highest BCUT2D eigenvalue weighted by Gasteiger charge is 1.99. The van der Waals surface area contributed by atoms with E-state index in [1.54, 1.807) is 12.1 Å². The van der Waals surface area contributed by atoms with Gasteiger partial charge in [0.05, 0.1) is 0 Å². The van der Waals surface area contributed by atoms with Crippen molar-refractivity contribution in [2.75, 3.05) is 0 Å². The molecule has 13 heavy (non-hydrogen) atoms. The van der Waals surface area contributed by atoms with Gasteiger partial charge in [0.2, 0.25) is 0 Å². The number of aromatic nitrogens is 1. The Kier molecular flexibility index (Phi) is 2.13. The number of hydrogen-bond acceptors (Lipinski definition) is 0. The van der Waals surface area contributed by atoms with Gasteiger partial charge < -0.3 is 4.57 Å². The summed E-state index contributed by atoms with van der Waals surface area (Å²) >= 11 is 0. The maximum atomic E-state index is 13.2. The van der Waals surface area contributed by atoms with Crippen molar-refractivity contribution >= 4 is 0 Å². The average molecular weight is 175 g/mol. The van der Waals surface area contributed by atoms with Crippen LogP contribution in [0.4, 0.5) is 4.39 Å². The smallest absolute Gasteiger partial charge is 0.128 e. The highest BCUT2D eigenvalue weighted by Crippen LogP contribution is 2.08. The zero-order valence-electron chi connectivity index (χ0n) is 7.15. The molecule has 2 aromatic rings. The molecule has 0 spiro atoms. The molecule has 1 aromatic heterocycles. The van der Waals surface area contributed by atoms with Crippen LogP contribution in [0.25, 0.3) is 0 Å². The first-order chi connectivity index (χ1) is 6.36. The summed E-state index contributed by atoms with van der Waals surface area (Å²) in [4.78, 5) is 0. The molecule has 1 aromatic carbocycles. The van der Waals surface area contributed by atoms with Crippen LogP contribution in [0.1, 0.15) is 5.56 Å². The molecule has 66 valence electrons. The minimum absolute atomic E-state index is 0.142. The monoisotopic (exact) mass is 175 g/mol. The molecule has 0 aliphatic heterocycles. The van der Waals surface area contributed by atoms with Gasteiger partial charge in [-0.2, -0.15) is 0 Å². The van der Waals surface area contributed by atoms with E-state index in [0.29, 0.717) is 6.54 Å². The van der Waals surface area contributed by atoms with E-state index in [-0.39, 0.29) is 5.82 Å². The van der Waals surface area contributed by atoms with Crippen molar-refractivity contribution in [3.05, 3.63) is 60.2 Å². The third kappa shape index (κ3) is 1.78. The molecule has 0 N–H and O–H groups in total. The second-order valence-corrected chi connectivity index (χ2v) is 2.95. The Balaban J connectivity index is 2.24. The summed E-state index contributed by atoms with van der Waals surface area (Å²) < 4.78 is 15.1. The van der Waals surface area contributed by atoms with Crippen molar-refractivity contribution in [1.82, 2.24) is 4.57 Å². The van der Waals surface area contributed by atoms with Gasteiger partial charge in [-0.15, -0.1) is 0 Å². The van der Waals surface area contributed by atoms with Crippen molar-refractivity contribution in [1.29, 1.82) is 0 Å². The molecule has 0 saturated heterocycles. The fraction of sp³-hybridized carbons (Fsp3) is 0.0909. The Hall–Kier alpha value is -1.57. The van der Waals surface area contributed by atoms with Crippen molar-refractivity contribution in [3.63, 3.8) is 0 Å². The zero-order valence-corrected chi connectivity index (χ0v) is 7.15. The molecule has 0 saturated carbocycles. The van der Waals surface area contributed by atoms with Crippen LogP contribution in [0.2, 0.25) is 0 Å². The van der Waals surface area contributed by atoms with E-state index < -0.39 is 0 Å². The largest absolute Gasteiger partial charge is 0.350 e. The van der Waals surface area contributed by atoms with E-state index in [0.717, 1.165) is 5.56 Å². The van der Waals surface area contributed by atoms with Crippen molar-refractivity contribution in [3.8, 4) is 0 Å². The van der Waals surface area contributed by atoms with Gasteiger partial charge in [-0.25, -0.2) is 4.39 Å². The summed E-state index contributed by atoms with van der Waals surface area (Å²) in [5.74, 6) is -0.142. The average Bonchev–Trinajstić information content (AvgIpc) is 2.61. The first-order valence-corrected chi connectivity index (χ1v) is 4.20. The second kappa shape index (κ2) is 3.44. The maximum absolute atomic E-state index is 13.2. The fourth-order valence-corrected chi connectivity index (χ4v) is 1.30. The highest BCUT2D eigenvalue weighted by atomic mass is 19.1. The lowest BCUT2D eigenvalue weighted by Crippen LogP contribution is -1.98. The Morgan fingerprint density at radius 1 is 1.00 bits per heavy atom. The van der Waals surface area contributed by atoms with Crippen LogP contribution in [0.15, 0.2) is 48.8 Å². The lowest BCUT2D eigenvalue weighted by atomic mass is 10.2. The standard InChI is InChI=1S/C11H10FN/c12-11-6-2-1-5-10(11)9-13-7-3-4-8-13/h1-8H,9H2. The van der Waals surface area contributed by atoms with E-state index in [2.05, 4.69) is 0 Å². The number of hydrogen-bond donors (Lipinski definition) is 0. The molecule has 0 fully saturated rings. The van der Waals surface area contributed by atoms with Gasteiger partial charge in [0.25, 0.3) is 0 Å². The van der Waals surface area contributed by atoms with Gasteiger partial charge in [0, 0.05) is 24.5 Å². The number of nitrogens with zero attached hydrogens (tertiary/aromatic N) is 1. The molecule has 0 unspecified atom stereocenters. The third-order valence-corrected chi connectivity index (χ3v) is 1.98. The molecule has 2 rings (SSSR count). The van der Waals surface area contributed by atoms with E-state index in [9.17, 15) is 4.39 Å². The topological polar surface area (TPSA) is 4.93 Å². The van der Waals surface area contributed by atoms with Gasteiger partial charge in [-0.05, 0) is 18.2 Å². The molecule has 0 amide bonds. The predicted molar refractivity (Wildman–Crippen MR) is 49.9 cm³/mol. The summed E-state index contributed by atoms with van der Waals surface area (Å²) in [6, 6.07) is 10.7. The number of rotatable bonds is 2. The lowest BCUT2D eigenvalue weighted by molar-refractivity contribution is 0.600. The summed E-state index contributed by atoms with van der Waals surface area (Å²) in [6.45, 7) is 0.597. The minimum Gasteiger partial charge on any atom is -0.350 e. The normalized spacial score (nSPS) is 10.2. The van der Waals surface area contributed by atoms with Crippen LogP contribution < -0.4 is 0 Å². The van der Waals surface area contributed by atoms with Crippen LogP contribution >= 0.6 is 0 Å². The van der Waals surface area contributed by atoms with E-state index >= 15 is 0 Å². The van der Waals surface area contributed by atoms with Crippen LogP contribution in [0.3, 0.4) is 0 Å². The molecule has 0 radical (unpaired) electrons. The molecule has 0 aliphatic carbocycles. The van der Waals surface area contributed by atoms with Gasteiger partial charge in [-0.3, -0.25) is 0 Å². The Bertz CT molecular complexity index is 379. The van der Waals surface area contributed by atoms with Gasteiger partial charge in [0.1, 0.15) is 5.82 Å². The van der Waals surface area contributed by atoms with Crippen molar-refractivity contribution in [2.45, 2.75) is 6.54 Å².